The van der Waals surface area contributed by atoms with Crippen molar-refractivity contribution in [3.8, 4) is 0 Å². The molecule has 8 aromatic carbocycles. The van der Waals surface area contributed by atoms with Gasteiger partial charge in [-0.3, -0.25) is 15.4 Å². The normalized spacial score (nSPS) is 13.6. The standard InChI is InChI=1S/C20H19N3O5S.C20H22N2O4S.C16H16N2O2S.C14H17NO2.C9H9N/c1-13-3-7-16(8-4-13)29(26,27)23-10-9-14-5-6-15(11-18(14)23)22(2)19(24)17-12-28-20(25)21-17;1-14-5-9-17(10-6-14)27(24,25)22-12-11-15-7-8-16(13-18(15)22)21-19(23)26-20(2,3)4;1-12-3-7-15(8-4-12)21(19,20)18-10-9-13-5-6-14(17-2)11-16(13)18;1-14(2,3)17-13(16)15-12-8-7-10-5-4-6-11(10)9-12;10-9-5-4-7-2-1-3-8(7)6-9/h3-11,17H,12H2,1-2H3,(H,21,25);5-13H,1-4H3,(H,21,23);3-11,17H,1-2H3;4-5,7-9H,6H2,1-3H3,(H,15,16);1-2,4-6H,3,10H2/t17-;;;;/m0..../s1. The maximum atomic E-state index is 13.1. The van der Waals surface area contributed by atoms with Gasteiger partial charge in [0.05, 0.1) is 31.2 Å². The molecule has 4 amide bonds. The van der Waals surface area contributed by atoms with Gasteiger partial charge < -0.3 is 35.5 Å². The molecule has 1 fully saturated rings. The van der Waals surface area contributed by atoms with Crippen molar-refractivity contribution in [2.45, 2.75) is 107 Å². The number of benzene rings is 8. The second-order valence-corrected chi connectivity index (χ2v) is 32.3. The van der Waals surface area contributed by atoms with Crippen molar-refractivity contribution in [3.05, 3.63) is 252 Å². The predicted molar refractivity (Wildman–Crippen MR) is 411 cm³/mol. The Morgan fingerprint density at radius 3 is 1.32 bits per heavy atom. The fraction of sp³-hybridized carbons (Fsp3) is 0.215. The van der Waals surface area contributed by atoms with Gasteiger partial charge in [-0.1, -0.05) is 108 Å². The van der Waals surface area contributed by atoms with Crippen LogP contribution in [0.25, 0.3) is 44.9 Å². The van der Waals surface area contributed by atoms with Crippen LogP contribution < -0.4 is 31.9 Å². The second kappa shape index (κ2) is 31.0. The molecule has 104 heavy (non-hydrogen) atoms. The van der Waals surface area contributed by atoms with Crippen LogP contribution in [0.1, 0.15) is 80.5 Å². The summed E-state index contributed by atoms with van der Waals surface area (Å²) in [5, 5.41) is 13.2. The highest BCUT2D eigenvalue weighted by molar-refractivity contribution is 7.90. The monoisotopic (exact) mass is 1460 g/mol. The lowest BCUT2D eigenvalue weighted by Gasteiger charge is -2.20. The summed E-state index contributed by atoms with van der Waals surface area (Å²) in [6.45, 7) is 16.5. The number of likely N-dealkylation sites (N-methyl/N-ethyl adjacent to an activating group) is 1. The summed E-state index contributed by atoms with van der Waals surface area (Å²) in [5.74, 6) is -0.352. The Labute approximate surface area is 605 Å². The average Bonchev–Trinajstić information content (AvgIpc) is 1.24. The number of anilines is 5. The van der Waals surface area contributed by atoms with Gasteiger partial charge in [-0.15, -0.1) is 0 Å². The zero-order chi connectivity index (χ0) is 75.1. The van der Waals surface area contributed by atoms with E-state index >= 15 is 0 Å². The van der Waals surface area contributed by atoms with Crippen molar-refractivity contribution in [2.24, 2.45) is 0 Å². The number of nitrogens with zero attached hydrogens (tertiary/aromatic N) is 4. The van der Waals surface area contributed by atoms with Crippen LogP contribution in [0, 0.1) is 20.8 Å². The van der Waals surface area contributed by atoms with Gasteiger partial charge in [0, 0.05) is 77.3 Å². The second-order valence-electron chi connectivity index (χ2n) is 26.9. The van der Waals surface area contributed by atoms with Gasteiger partial charge >= 0.3 is 18.3 Å². The van der Waals surface area contributed by atoms with Crippen LogP contribution in [0.4, 0.5) is 42.8 Å². The summed E-state index contributed by atoms with van der Waals surface area (Å²) in [4.78, 5) is 49.4. The number of carbonyl (C=O) groups excluding carboxylic acids is 4. The lowest BCUT2D eigenvalue weighted by molar-refractivity contribution is -0.120. The van der Waals surface area contributed by atoms with Crippen molar-refractivity contribution in [1.29, 1.82) is 0 Å². The van der Waals surface area contributed by atoms with Crippen molar-refractivity contribution in [2.75, 3.05) is 47.3 Å². The zero-order valence-corrected chi connectivity index (χ0v) is 61.9. The van der Waals surface area contributed by atoms with Gasteiger partial charge in [-0.25, -0.2) is 51.6 Å². The van der Waals surface area contributed by atoms with Crippen LogP contribution in [-0.2, 0) is 61.9 Å². The van der Waals surface area contributed by atoms with E-state index in [-0.39, 0.29) is 22.3 Å². The molecule has 3 aromatic heterocycles. The number of cyclic esters (lactones) is 1. The third-order valence-corrected chi connectivity index (χ3v) is 21.7. The molecule has 0 spiro atoms. The number of rotatable bonds is 11. The Bertz CT molecular complexity index is 5460. The first-order valence-corrected chi connectivity index (χ1v) is 37.5. The number of aryl methyl sites for hydroxylation is 3. The highest BCUT2D eigenvalue weighted by atomic mass is 32.2. The summed E-state index contributed by atoms with van der Waals surface area (Å²) in [6.07, 6.45) is 13.4. The number of amides is 4. The summed E-state index contributed by atoms with van der Waals surface area (Å²) in [7, 11) is -7.73. The molecule has 2 aliphatic carbocycles. The van der Waals surface area contributed by atoms with Gasteiger partial charge in [-0.2, -0.15) is 0 Å². The van der Waals surface area contributed by atoms with Crippen molar-refractivity contribution >= 4 is 128 Å². The van der Waals surface area contributed by atoms with Crippen molar-refractivity contribution in [3.63, 3.8) is 0 Å². The smallest absolute Gasteiger partial charge is 0.412 e. The minimum atomic E-state index is -3.79. The van der Waals surface area contributed by atoms with E-state index in [1.54, 1.807) is 161 Å². The van der Waals surface area contributed by atoms with E-state index in [0.717, 1.165) is 62.8 Å². The largest absolute Gasteiger partial charge is 0.447 e. The Morgan fingerprint density at radius 2 is 0.894 bits per heavy atom. The first-order chi connectivity index (χ1) is 49.1. The highest BCUT2D eigenvalue weighted by Gasteiger charge is 2.32. The molecule has 3 aliphatic rings. The van der Waals surface area contributed by atoms with E-state index in [9.17, 15) is 44.4 Å². The Kier molecular flexibility index (Phi) is 22.5. The molecule has 0 unspecified atom stereocenters. The quantitative estimate of drug-likeness (QED) is 0.0594. The molecule has 0 saturated carbocycles. The van der Waals surface area contributed by atoms with E-state index in [2.05, 4.69) is 51.6 Å². The van der Waals surface area contributed by atoms with E-state index in [4.69, 9.17) is 19.9 Å². The van der Waals surface area contributed by atoms with Gasteiger partial charge in [0.15, 0.2) is 0 Å². The van der Waals surface area contributed by atoms with Gasteiger partial charge in [-0.05, 0) is 213 Å². The van der Waals surface area contributed by atoms with Crippen LogP contribution in [0.3, 0.4) is 0 Å². The van der Waals surface area contributed by atoms with Crippen LogP contribution in [0.15, 0.2) is 227 Å². The Hall–Kier alpha value is -11.4. The molecule has 14 rings (SSSR count). The van der Waals surface area contributed by atoms with Crippen LogP contribution in [-0.4, -0.2) is 99.3 Å². The van der Waals surface area contributed by atoms with Crippen LogP contribution in [0.2, 0.25) is 0 Å². The minimum Gasteiger partial charge on any atom is -0.447 e. The number of fused-ring (bicyclic) bond motifs is 5. The average molecular weight is 1460 g/mol. The summed E-state index contributed by atoms with van der Waals surface area (Å²) in [6, 6.07) is 52.4. The first kappa shape index (κ1) is 75.3. The maximum Gasteiger partial charge on any atom is 0.412 e. The van der Waals surface area contributed by atoms with E-state index in [1.165, 1.54) is 51.5 Å². The SMILES string of the molecule is CC(C)(C)OC(=O)Nc1ccc2c(c1)CC=C2.CNc1ccc2ccn(S(=O)(=O)c3ccc(C)cc3)c2c1.Cc1ccc(S(=O)(=O)n2ccc3ccc(N(C)C(=O)[C@@H]4COC(=O)N4)cc32)cc1.Cc1ccc(S(=O)(=O)n2ccc3ccc(NC(=O)OC(C)(C)C)cc32)cc1.Nc1ccc2c(c1)CC=C2. The molecular formula is C79H83N9O13S3. The maximum absolute atomic E-state index is 13.1. The minimum absolute atomic E-state index is 0.0393. The number of allylic oxidation sites excluding steroid dienone is 2. The molecule has 11 aromatic rings. The number of carbonyl (C=O) groups is 4. The van der Waals surface area contributed by atoms with Crippen LogP contribution >= 0.6 is 0 Å². The number of hydrogen-bond donors (Lipinski definition) is 5. The summed E-state index contributed by atoms with van der Waals surface area (Å²) < 4.78 is 96.7. The molecule has 25 heteroatoms. The molecule has 1 aliphatic heterocycles. The highest BCUT2D eigenvalue weighted by Crippen LogP contribution is 2.31. The molecule has 6 N–H and O–H groups in total. The Balaban J connectivity index is 0.000000144. The third kappa shape index (κ3) is 18.3. The number of nitrogens with one attached hydrogen (secondary N) is 4. The van der Waals surface area contributed by atoms with Crippen LogP contribution in [0.5, 0.6) is 0 Å². The number of ether oxygens (including phenoxy) is 3. The summed E-state index contributed by atoms with van der Waals surface area (Å²) >= 11 is 0. The first-order valence-electron chi connectivity index (χ1n) is 33.2. The fourth-order valence-electron chi connectivity index (χ4n) is 11.2. The zero-order valence-electron chi connectivity index (χ0n) is 59.5. The molecule has 1 saturated heterocycles. The van der Waals surface area contributed by atoms with E-state index in [1.807, 2.05) is 97.1 Å². The molecule has 22 nitrogen and oxygen atoms in total. The number of aromatic nitrogens is 3. The summed E-state index contributed by atoms with van der Waals surface area (Å²) in [5.41, 5.74) is 17.7. The molecule has 540 valence electrons. The predicted octanol–water partition coefficient (Wildman–Crippen LogP) is 15.5. The molecule has 0 bridgehead atoms. The lowest BCUT2D eigenvalue weighted by Crippen LogP contribution is -2.44. The number of alkyl carbamates (subject to hydrolysis) is 1. The number of nitrogen functional groups attached to an aromatic ring is 1. The lowest BCUT2D eigenvalue weighted by atomic mass is 10.1. The van der Waals surface area contributed by atoms with Gasteiger partial charge in [0.2, 0.25) is 0 Å². The Morgan fingerprint density at radius 1 is 0.510 bits per heavy atom. The van der Waals surface area contributed by atoms with Gasteiger partial charge in [0.1, 0.15) is 23.9 Å². The molecule has 4 heterocycles. The van der Waals surface area contributed by atoms with Crippen molar-refractivity contribution in [1.82, 2.24) is 17.2 Å². The number of nitrogens with two attached hydrogens (primary N) is 1. The molecule has 0 radical (unpaired) electrons. The topological polar surface area (TPSA) is 291 Å². The number of hydrogen-bond acceptors (Lipinski definition) is 15. The fourth-order valence-corrected chi connectivity index (χ4v) is 15.2. The van der Waals surface area contributed by atoms with Crippen molar-refractivity contribution < 1.29 is 58.6 Å². The molecule has 1 atom stereocenters. The van der Waals surface area contributed by atoms with E-state index < -0.39 is 65.6 Å². The third-order valence-electron chi connectivity index (χ3n) is 16.5. The van der Waals surface area contributed by atoms with E-state index in [0.29, 0.717) is 32.8 Å². The molecular weight excluding hydrogens is 1380 g/mol. The van der Waals surface area contributed by atoms with Gasteiger partial charge in [0.25, 0.3) is 36.0 Å².